The number of hydrogen-bond donors (Lipinski definition) is 2. The Balaban J connectivity index is 1.78. The monoisotopic (exact) mass is 313 g/mol. The summed E-state index contributed by atoms with van der Waals surface area (Å²) in [7, 11) is 0. The van der Waals surface area contributed by atoms with E-state index in [-0.39, 0.29) is 0 Å². The van der Waals surface area contributed by atoms with Crippen molar-refractivity contribution < 1.29 is 19.5 Å². The zero-order valence-electron chi connectivity index (χ0n) is 11.3. The molecule has 1 heterocycles. The minimum atomic E-state index is -1.14. The van der Waals surface area contributed by atoms with Crippen molar-refractivity contribution in [3.05, 3.63) is 29.3 Å². The summed E-state index contributed by atoms with van der Waals surface area (Å²) in [6, 6.07) is 7.11. The molecule has 1 aliphatic rings. The molecule has 1 aromatic rings. The number of rotatable bonds is 4. The van der Waals surface area contributed by atoms with E-state index in [2.05, 4.69) is 15.2 Å². The van der Waals surface area contributed by atoms with Crippen LogP contribution in [0.1, 0.15) is 0 Å². The molecule has 2 amide bonds. The number of carbonyl (C=O) groups excluding carboxylic acids is 1. The van der Waals surface area contributed by atoms with E-state index in [0.717, 1.165) is 5.69 Å². The number of nitrogens with one attached hydrogen (secondary N) is 1. The average molecular weight is 314 g/mol. The zero-order chi connectivity index (χ0) is 15.2. The summed E-state index contributed by atoms with van der Waals surface area (Å²) in [5.41, 5.74) is 3.17. The van der Waals surface area contributed by atoms with E-state index in [4.69, 9.17) is 16.7 Å². The molecular weight excluding hydrogens is 298 g/mol. The van der Waals surface area contributed by atoms with Gasteiger partial charge in [-0.2, -0.15) is 0 Å². The topological polar surface area (TPSA) is 82.1 Å². The van der Waals surface area contributed by atoms with Crippen LogP contribution in [0.2, 0.25) is 5.02 Å². The molecule has 1 saturated heterocycles. The number of carboxylic acids is 1. The molecule has 0 unspecified atom stereocenters. The summed E-state index contributed by atoms with van der Waals surface area (Å²) in [6.07, 6.45) is 0. The number of nitrogens with zero attached hydrogens (tertiary/aromatic N) is 2. The number of halogens is 1. The Kier molecular flexibility index (Phi) is 5.24. The van der Waals surface area contributed by atoms with Crippen molar-refractivity contribution in [3.63, 3.8) is 0 Å². The van der Waals surface area contributed by atoms with E-state index in [9.17, 15) is 9.59 Å². The first-order valence-corrected chi connectivity index (χ1v) is 6.83. The van der Waals surface area contributed by atoms with Gasteiger partial charge in [0.15, 0.2) is 6.61 Å². The van der Waals surface area contributed by atoms with Gasteiger partial charge in [-0.05, 0) is 24.3 Å². The van der Waals surface area contributed by atoms with Crippen molar-refractivity contribution in [1.82, 2.24) is 10.4 Å². The summed E-state index contributed by atoms with van der Waals surface area (Å²) in [4.78, 5) is 30.3. The summed E-state index contributed by atoms with van der Waals surface area (Å²) in [6.45, 7) is 1.88. The number of amides is 2. The largest absolute Gasteiger partial charge is 0.479 e. The van der Waals surface area contributed by atoms with E-state index in [0.29, 0.717) is 31.2 Å². The molecule has 2 rings (SSSR count). The van der Waals surface area contributed by atoms with Gasteiger partial charge in [0, 0.05) is 36.9 Å². The summed E-state index contributed by atoms with van der Waals surface area (Å²) < 4.78 is 0. The predicted molar refractivity (Wildman–Crippen MR) is 77.4 cm³/mol. The van der Waals surface area contributed by atoms with Gasteiger partial charge in [-0.1, -0.05) is 11.6 Å². The third kappa shape index (κ3) is 4.51. The Labute approximate surface area is 127 Å². The SMILES string of the molecule is O=C(O)CONC(=O)N1CCN(c2ccc(Cl)cc2)CC1. The molecule has 0 aromatic heterocycles. The maximum atomic E-state index is 11.7. The van der Waals surface area contributed by atoms with Crippen molar-refractivity contribution in [1.29, 1.82) is 0 Å². The highest BCUT2D eigenvalue weighted by Crippen LogP contribution is 2.19. The molecule has 0 spiro atoms. The Morgan fingerprint density at radius 1 is 1.19 bits per heavy atom. The number of urea groups is 1. The van der Waals surface area contributed by atoms with E-state index in [1.807, 2.05) is 24.3 Å². The first-order chi connectivity index (χ1) is 10.1. The molecule has 114 valence electrons. The number of hydroxylamine groups is 1. The molecule has 0 radical (unpaired) electrons. The van der Waals surface area contributed by atoms with Crippen molar-refractivity contribution in [3.8, 4) is 0 Å². The second kappa shape index (κ2) is 7.14. The van der Waals surface area contributed by atoms with Crippen LogP contribution in [0.25, 0.3) is 0 Å². The van der Waals surface area contributed by atoms with Crippen LogP contribution in [-0.2, 0) is 9.63 Å². The fraction of sp³-hybridized carbons (Fsp3) is 0.385. The molecule has 0 atom stereocenters. The zero-order valence-corrected chi connectivity index (χ0v) is 12.0. The molecule has 0 aliphatic carbocycles. The van der Waals surface area contributed by atoms with Crippen molar-refractivity contribution >= 4 is 29.3 Å². The Hall–Kier alpha value is -1.99. The molecule has 21 heavy (non-hydrogen) atoms. The van der Waals surface area contributed by atoms with E-state index < -0.39 is 18.6 Å². The molecule has 1 fully saturated rings. The maximum Gasteiger partial charge on any atom is 0.341 e. The Morgan fingerprint density at radius 3 is 2.38 bits per heavy atom. The number of anilines is 1. The summed E-state index contributed by atoms with van der Waals surface area (Å²) in [5, 5.41) is 9.10. The van der Waals surface area contributed by atoms with Gasteiger partial charge in [0.05, 0.1) is 0 Å². The standard InChI is InChI=1S/C13H16ClN3O4/c14-10-1-3-11(4-2-10)16-5-7-17(8-6-16)13(20)15-21-9-12(18)19/h1-4H,5-9H2,(H,15,20)(H,18,19). The van der Waals surface area contributed by atoms with Gasteiger partial charge in [-0.25, -0.2) is 15.1 Å². The minimum Gasteiger partial charge on any atom is -0.479 e. The van der Waals surface area contributed by atoms with E-state index in [1.165, 1.54) is 0 Å². The molecule has 0 bridgehead atoms. The highest BCUT2D eigenvalue weighted by molar-refractivity contribution is 6.30. The lowest BCUT2D eigenvalue weighted by Crippen LogP contribution is -2.52. The van der Waals surface area contributed by atoms with Crippen LogP contribution in [0.15, 0.2) is 24.3 Å². The number of hydrogen-bond acceptors (Lipinski definition) is 4. The highest BCUT2D eigenvalue weighted by atomic mass is 35.5. The normalized spacial score (nSPS) is 14.9. The van der Waals surface area contributed by atoms with Crippen LogP contribution < -0.4 is 10.4 Å². The lowest BCUT2D eigenvalue weighted by atomic mass is 10.2. The third-order valence-corrected chi connectivity index (χ3v) is 3.37. The number of carbonyl (C=O) groups is 2. The fourth-order valence-corrected chi connectivity index (χ4v) is 2.17. The second-order valence-corrected chi connectivity index (χ2v) is 4.98. The number of carboxylic acid groups (broad SMARTS) is 1. The van der Waals surface area contributed by atoms with Crippen LogP contribution in [0.4, 0.5) is 10.5 Å². The predicted octanol–water partition coefficient (Wildman–Crippen LogP) is 1.19. The van der Waals surface area contributed by atoms with Crippen LogP contribution in [0.3, 0.4) is 0 Å². The number of aliphatic carboxylic acids is 1. The third-order valence-electron chi connectivity index (χ3n) is 3.11. The summed E-state index contributed by atoms with van der Waals surface area (Å²) in [5.74, 6) is -1.14. The van der Waals surface area contributed by atoms with Gasteiger partial charge < -0.3 is 14.9 Å². The van der Waals surface area contributed by atoms with Gasteiger partial charge >= 0.3 is 12.0 Å². The average Bonchev–Trinajstić information content (AvgIpc) is 2.48. The molecule has 2 N–H and O–H groups in total. The first kappa shape index (κ1) is 15.4. The highest BCUT2D eigenvalue weighted by Gasteiger charge is 2.21. The van der Waals surface area contributed by atoms with Crippen LogP contribution in [0.5, 0.6) is 0 Å². The lowest BCUT2D eigenvalue weighted by Gasteiger charge is -2.35. The fourth-order valence-electron chi connectivity index (χ4n) is 2.04. The Bertz CT molecular complexity index is 501. The van der Waals surface area contributed by atoms with Gasteiger partial charge in [0.1, 0.15) is 0 Å². The van der Waals surface area contributed by atoms with Crippen molar-refractivity contribution in [2.24, 2.45) is 0 Å². The van der Waals surface area contributed by atoms with Gasteiger partial charge in [-0.3, -0.25) is 4.84 Å². The lowest BCUT2D eigenvalue weighted by molar-refractivity contribution is -0.144. The minimum absolute atomic E-state index is 0.424. The van der Waals surface area contributed by atoms with E-state index >= 15 is 0 Å². The van der Waals surface area contributed by atoms with Crippen molar-refractivity contribution in [2.75, 3.05) is 37.7 Å². The number of piperazine rings is 1. The van der Waals surface area contributed by atoms with Crippen LogP contribution >= 0.6 is 11.6 Å². The van der Waals surface area contributed by atoms with Crippen molar-refractivity contribution in [2.45, 2.75) is 0 Å². The maximum absolute atomic E-state index is 11.7. The second-order valence-electron chi connectivity index (χ2n) is 4.54. The quantitative estimate of drug-likeness (QED) is 0.816. The molecule has 8 heteroatoms. The van der Waals surface area contributed by atoms with E-state index in [1.54, 1.807) is 4.90 Å². The first-order valence-electron chi connectivity index (χ1n) is 6.45. The smallest absolute Gasteiger partial charge is 0.341 e. The molecular formula is C13H16ClN3O4. The summed E-state index contributed by atoms with van der Waals surface area (Å²) >= 11 is 5.85. The van der Waals surface area contributed by atoms with Crippen LogP contribution in [0, 0.1) is 0 Å². The molecule has 0 saturated carbocycles. The number of benzene rings is 1. The van der Waals surface area contributed by atoms with Gasteiger partial charge in [-0.15, -0.1) is 0 Å². The van der Waals surface area contributed by atoms with Gasteiger partial charge in [0.2, 0.25) is 0 Å². The van der Waals surface area contributed by atoms with Crippen LogP contribution in [-0.4, -0.2) is 54.8 Å². The Morgan fingerprint density at radius 2 is 1.81 bits per heavy atom. The molecule has 7 nitrogen and oxygen atoms in total. The van der Waals surface area contributed by atoms with Gasteiger partial charge in [0.25, 0.3) is 0 Å². The molecule has 1 aliphatic heterocycles. The molecule has 1 aromatic carbocycles.